The van der Waals surface area contributed by atoms with Crippen LogP contribution >= 0.6 is 0 Å². The Bertz CT molecular complexity index is 761. The normalized spacial score (nSPS) is 12.7. The lowest BCUT2D eigenvalue weighted by Crippen LogP contribution is -2.15. The van der Waals surface area contributed by atoms with Gasteiger partial charge in [0.2, 0.25) is 0 Å². The standard InChI is InChI=1S/C15H13N3O4/c16-4-1-5-18-9-11(15(19)20)14(17-18)10-2-3-12-13(8-10)22-7-6-21-12/h2-3,8-9H,1,5-7H2,(H,19,20). The van der Waals surface area contributed by atoms with Crippen molar-refractivity contribution in [2.75, 3.05) is 13.2 Å². The van der Waals surface area contributed by atoms with Crippen LogP contribution < -0.4 is 9.47 Å². The molecule has 2 aromatic rings. The van der Waals surface area contributed by atoms with Crippen LogP contribution in [-0.4, -0.2) is 34.1 Å². The van der Waals surface area contributed by atoms with Gasteiger partial charge >= 0.3 is 5.97 Å². The highest BCUT2D eigenvalue weighted by Crippen LogP contribution is 2.35. The van der Waals surface area contributed by atoms with E-state index in [1.54, 1.807) is 18.2 Å². The van der Waals surface area contributed by atoms with Crippen molar-refractivity contribution in [3.63, 3.8) is 0 Å². The number of carboxylic acids is 1. The summed E-state index contributed by atoms with van der Waals surface area (Å²) >= 11 is 0. The second-order valence-electron chi connectivity index (χ2n) is 4.73. The number of aromatic carboxylic acids is 1. The molecule has 1 aromatic heterocycles. The van der Waals surface area contributed by atoms with Gasteiger partial charge in [0.25, 0.3) is 0 Å². The van der Waals surface area contributed by atoms with E-state index in [0.29, 0.717) is 42.5 Å². The lowest BCUT2D eigenvalue weighted by Gasteiger charge is -2.18. The van der Waals surface area contributed by atoms with Gasteiger partial charge in [0.15, 0.2) is 11.5 Å². The van der Waals surface area contributed by atoms with Crippen molar-refractivity contribution in [1.29, 1.82) is 5.26 Å². The van der Waals surface area contributed by atoms with Crippen molar-refractivity contribution in [2.45, 2.75) is 13.0 Å². The largest absolute Gasteiger partial charge is 0.486 e. The van der Waals surface area contributed by atoms with Crippen molar-refractivity contribution < 1.29 is 19.4 Å². The first-order valence-electron chi connectivity index (χ1n) is 6.77. The molecule has 1 N–H and O–H groups in total. The molecule has 0 unspecified atom stereocenters. The molecular weight excluding hydrogens is 286 g/mol. The average molecular weight is 299 g/mol. The minimum Gasteiger partial charge on any atom is -0.486 e. The van der Waals surface area contributed by atoms with Gasteiger partial charge in [-0.1, -0.05) is 0 Å². The van der Waals surface area contributed by atoms with Crippen molar-refractivity contribution in [1.82, 2.24) is 9.78 Å². The number of nitriles is 1. The SMILES string of the molecule is N#CCCn1cc(C(=O)O)c(-c2ccc3c(c2)OCCO3)n1. The fourth-order valence-corrected chi connectivity index (χ4v) is 2.26. The minimum atomic E-state index is -1.06. The smallest absolute Gasteiger partial charge is 0.339 e. The summed E-state index contributed by atoms with van der Waals surface area (Å²) in [5.74, 6) is 0.149. The molecule has 0 saturated carbocycles. The Morgan fingerprint density at radius 2 is 2.14 bits per heavy atom. The summed E-state index contributed by atoms with van der Waals surface area (Å²) in [6.45, 7) is 1.30. The van der Waals surface area contributed by atoms with Crippen LogP contribution in [-0.2, 0) is 6.54 Å². The Kier molecular flexibility index (Phi) is 3.66. The summed E-state index contributed by atoms with van der Waals surface area (Å²) < 4.78 is 12.4. The molecule has 1 aliphatic rings. The number of fused-ring (bicyclic) bond motifs is 1. The number of hydrogen-bond donors (Lipinski definition) is 1. The molecule has 1 aromatic carbocycles. The molecule has 7 nitrogen and oxygen atoms in total. The van der Waals surface area contributed by atoms with Gasteiger partial charge in [-0.25, -0.2) is 4.79 Å². The number of aromatic nitrogens is 2. The van der Waals surface area contributed by atoms with E-state index in [0.717, 1.165) is 0 Å². The number of aryl methyl sites for hydroxylation is 1. The maximum absolute atomic E-state index is 11.4. The maximum atomic E-state index is 11.4. The van der Waals surface area contributed by atoms with E-state index in [1.165, 1.54) is 10.9 Å². The third-order valence-electron chi connectivity index (χ3n) is 3.26. The summed E-state index contributed by atoms with van der Waals surface area (Å²) in [5.41, 5.74) is 1.08. The highest BCUT2D eigenvalue weighted by molar-refractivity contribution is 5.94. The van der Waals surface area contributed by atoms with E-state index in [1.807, 2.05) is 6.07 Å². The number of benzene rings is 1. The van der Waals surface area contributed by atoms with Gasteiger partial charge < -0.3 is 14.6 Å². The zero-order chi connectivity index (χ0) is 15.5. The molecule has 112 valence electrons. The first-order valence-corrected chi connectivity index (χ1v) is 6.77. The number of ether oxygens (including phenoxy) is 2. The minimum absolute atomic E-state index is 0.0922. The van der Waals surface area contributed by atoms with Crippen LogP contribution in [0.3, 0.4) is 0 Å². The van der Waals surface area contributed by atoms with Crippen LogP contribution in [0.25, 0.3) is 11.3 Å². The number of carboxylic acid groups (broad SMARTS) is 1. The molecule has 2 heterocycles. The van der Waals surface area contributed by atoms with E-state index < -0.39 is 5.97 Å². The van der Waals surface area contributed by atoms with E-state index in [-0.39, 0.29) is 12.0 Å². The van der Waals surface area contributed by atoms with Gasteiger partial charge in [-0.3, -0.25) is 4.68 Å². The molecule has 0 radical (unpaired) electrons. The van der Waals surface area contributed by atoms with E-state index in [2.05, 4.69) is 5.10 Å². The Labute approximate surface area is 126 Å². The lowest BCUT2D eigenvalue weighted by molar-refractivity contribution is 0.0697. The van der Waals surface area contributed by atoms with E-state index in [9.17, 15) is 9.90 Å². The molecule has 0 fully saturated rings. The summed E-state index contributed by atoms with van der Waals surface area (Å²) in [7, 11) is 0. The quantitative estimate of drug-likeness (QED) is 0.926. The van der Waals surface area contributed by atoms with Crippen molar-refractivity contribution in [3.05, 3.63) is 30.0 Å². The molecular formula is C15H13N3O4. The topological polar surface area (TPSA) is 97.4 Å². The molecule has 0 spiro atoms. The fraction of sp³-hybridized carbons (Fsp3) is 0.267. The van der Waals surface area contributed by atoms with Crippen LogP contribution in [0.2, 0.25) is 0 Å². The third-order valence-corrected chi connectivity index (χ3v) is 3.26. The Morgan fingerprint density at radius 3 is 2.86 bits per heavy atom. The van der Waals surface area contributed by atoms with Gasteiger partial charge in [0, 0.05) is 11.8 Å². The molecule has 0 saturated heterocycles. The van der Waals surface area contributed by atoms with Crippen LogP contribution in [0.15, 0.2) is 24.4 Å². The Morgan fingerprint density at radius 1 is 1.36 bits per heavy atom. The molecule has 0 amide bonds. The summed E-state index contributed by atoms with van der Waals surface area (Å²) in [6, 6.07) is 7.22. The Hall–Kier alpha value is -3.01. The summed E-state index contributed by atoms with van der Waals surface area (Å²) in [6.07, 6.45) is 1.70. The van der Waals surface area contributed by atoms with E-state index in [4.69, 9.17) is 14.7 Å². The molecule has 0 bridgehead atoms. The first-order chi connectivity index (χ1) is 10.7. The second kappa shape index (κ2) is 5.77. The Balaban J connectivity index is 2.01. The van der Waals surface area contributed by atoms with Gasteiger partial charge in [0.05, 0.1) is 19.0 Å². The monoisotopic (exact) mass is 299 g/mol. The fourth-order valence-electron chi connectivity index (χ4n) is 2.26. The molecule has 0 atom stereocenters. The number of hydrogen-bond acceptors (Lipinski definition) is 5. The number of rotatable bonds is 4. The van der Waals surface area contributed by atoms with Crippen molar-refractivity contribution in [3.8, 4) is 28.8 Å². The summed E-state index contributed by atoms with van der Waals surface area (Å²) in [5, 5.41) is 22.2. The summed E-state index contributed by atoms with van der Waals surface area (Å²) in [4.78, 5) is 11.4. The van der Waals surface area contributed by atoms with Crippen LogP contribution in [0.1, 0.15) is 16.8 Å². The van der Waals surface area contributed by atoms with Gasteiger partial charge in [0.1, 0.15) is 24.5 Å². The highest BCUT2D eigenvalue weighted by atomic mass is 16.6. The zero-order valence-corrected chi connectivity index (χ0v) is 11.7. The predicted octanol–water partition coefficient (Wildman–Crippen LogP) is 1.93. The van der Waals surface area contributed by atoms with Crippen molar-refractivity contribution in [2.24, 2.45) is 0 Å². The number of nitrogens with zero attached hydrogens (tertiary/aromatic N) is 3. The van der Waals surface area contributed by atoms with E-state index >= 15 is 0 Å². The van der Waals surface area contributed by atoms with Gasteiger partial charge in [-0.05, 0) is 18.2 Å². The molecule has 1 aliphatic heterocycles. The van der Waals surface area contributed by atoms with Crippen LogP contribution in [0.5, 0.6) is 11.5 Å². The van der Waals surface area contributed by atoms with Gasteiger partial charge in [-0.2, -0.15) is 10.4 Å². The van der Waals surface area contributed by atoms with Crippen LogP contribution in [0, 0.1) is 11.3 Å². The molecule has 7 heteroatoms. The number of carbonyl (C=O) groups is 1. The predicted molar refractivity (Wildman–Crippen MR) is 75.8 cm³/mol. The maximum Gasteiger partial charge on any atom is 0.339 e. The van der Waals surface area contributed by atoms with Crippen molar-refractivity contribution >= 4 is 5.97 Å². The molecule has 0 aliphatic carbocycles. The highest BCUT2D eigenvalue weighted by Gasteiger charge is 2.19. The van der Waals surface area contributed by atoms with Gasteiger partial charge in [-0.15, -0.1) is 0 Å². The zero-order valence-electron chi connectivity index (χ0n) is 11.7. The second-order valence-corrected chi connectivity index (χ2v) is 4.73. The average Bonchev–Trinajstić information content (AvgIpc) is 2.97. The van der Waals surface area contributed by atoms with Crippen LogP contribution in [0.4, 0.5) is 0 Å². The first kappa shape index (κ1) is 13.9. The molecule has 3 rings (SSSR count). The lowest BCUT2D eigenvalue weighted by atomic mass is 10.1. The molecule has 22 heavy (non-hydrogen) atoms. The third kappa shape index (κ3) is 2.59.